The van der Waals surface area contributed by atoms with Gasteiger partial charge in [-0.25, -0.2) is 4.39 Å². The van der Waals surface area contributed by atoms with Crippen LogP contribution in [0.2, 0.25) is 0 Å². The lowest BCUT2D eigenvalue weighted by molar-refractivity contribution is 0.328. The minimum absolute atomic E-state index is 0.225. The fourth-order valence-corrected chi connectivity index (χ4v) is 1.42. The zero-order chi connectivity index (χ0) is 13.7. The molecule has 1 heterocycles. The van der Waals surface area contributed by atoms with Crippen LogP contribution < -0.4 is 10.1 Å². The van der Waals surface area contributed by atoms with E-state index in [-0.39, 0.29) is 11.7 Å². The first-order valence-electron chi connectivity index (χ1n) is 6.11. The first kappa shape index (κ1) is 13.3. The van der Waals surface area contributed by atoms with Crippen molar-refractivity contribution in [3.05, 3.63) is 35.9 Å². The Kier molecular flexibility index (Phi) is 4.33. The van der Waals surface area contributed by atoms with E-state index in [1.807, 2.05) is 13.8 Å². The summed E-state index contributed by atoms with van der Waals surface area (Å²) >= 11 is 0. The van der Waals surface area contributed by atoms with Gasteiger partial charge in [0.15, 0.2) is 5.82 Å². The summed E-state index contributed by atoms with van der Waals surface area (Å²) in [5, 5.41) is 6.77. The molecule has 0 amide bonds. The van der Waals surface area contributed by atoms with Crippen LogP contribution in [0.3, 0.4) is 0 Å². The first-order valence-corrected chi connectivity index (χ1v) is 6.11. The summed E-state index contributed by atoms with van der Waals surface area (Å²) in [6.45, 7) is 4.85. The molecule has 5 nitrogen and oxygen atoms in total. The average Bonchev–Trinajstić information content (AvgIpc) is 2.84. The van der Waals surface area contributed by atoms with Crippen molar-refractivity contribution in [2.45, 2.75) is 19.8 Å². The van der Waals surface area contributed by atoms with Crippen molar-refractivity contribution in [1.29, 1.82) is 0 Å². The monoisotopic (exact) mass is 265 g/mol. The number of halogens is 1. The highest BCUT2D eigenvalue weighted by Crippen LogP contribution is 2.13. The van der Waals surface area contributed by atoms with Gasteiger partial charge in [0, 0.05) is 12.0 Å². The van der Waals surface area contributed by atoms with Crippen LogP contribution >= 0.6 is 0 Å². The van der Waals surface area contributed by atoms with Gasteiger partial charge in [-0.15, -0.1) is 0 Å². The Bertz CT molecular complexity index is 528. The molecule has 0 aliphatic carbocycles. The Labute approximate surface area is 110 Å². The van der Waals surface area contributed by atoms with Crippen molar-refractivity contribution in [2.24, 2.45) is 0 Å². The van der Waals surface area contributed by atoms with E-state index in [4.69, 9.17) is 9.26 Å². The van der Waals surface area contributed by atoms with Gasteiger partial charge in [0.1, 0.15) is 18.2 Å². The van der Waals surface area contributed by atoms with Crippen LogP contribution in [0.25, 0.3) is 0 Å². The maximum Gasteiger partial charge on any atom is 0.321 e. The normalized spacial score (nSPS) is 10.7. The first-order chi connectivity index (χ1) is 9.15. The third kappa shape index (κ3) is 3.94. The third-order valence-corrected chi connectivity index (χ3v) is 2.40. The number of benzene rings is 1. The molecule has 6 heteroatoms. The molecule has 0 spiro atoms. The van der Waals surface area contributed by atoms with E-state index >= 15 is 0 Å². The lowest BCUT2D eigenvalue weighted by atomic mass is 10.2. The maximum atomic E-state index is 12.9. The molecule has 2 rings (SSSR count). The summed E-state index contributed by atoms with van der Waals surface area (Å²) < 4.78 is 23.3. The Morgan fingerprint density at radius 1 is 1.42 bits per heavy atom. The van der Waals surface area contributed by atoms with Crippen LogP contribution in [0.4, 0.5) is 10.4 Å². The van der Waals surface area contributed by atoms with Gasteiger partial charge in [0.25, 0.3) is 0 Å². The minimum atomic E-state index is -0.316. The fourth-order valence-electron chi connectivity index (χ4n) is 1.42. The average molecular weight is 265 g/mol. The molecule has 0 atom stereocenters. The van der Waals surface area contributed by atoms with E-state index < -0.39 is 0 Å². The molecule has 0 bridgehead atoms. The largest absolute Gasteiger partial charge is 0.492 e. The van der Waals surface area contributed by atoms with Gasteiger partial charge >= 0.3 is 6.01 Å². The molecule has 19 heavy (non-hydrogen) atoms. The van der Waals surface area contributed by atoms with Crippen molar-refractivity contribution in [3.8, 4) is 5.75 Å². The summed E-state index contributed by atoms with van der Waals surface area (Å²) in [6.07, 6.45) is 0. The lowest BCUT2D eigenvalue weighted by Gasteiger charge is -2.05. The molecule has 1 aromatic heterocycles. The summed E-state index contributed by atoms with van der Waals surface area (Å²) in [7, 11) is 0. The van der Waals surface area contributed by atoms with Gasteiger partial charge in [-0.2, -0.15) is 4.98 Å². The molecule has 0 saturated carbocycles. The Morgan fingerprint density at radius 2 is 2.26 bits per heavy atom. The van der Waals surface area contributed by atoms with E-state index in [0.29, 0.717) is 30.7 Å². The van der Waals surface area contributed by atoms with E-state index in [9.17, 15) is 4.39 Å². The van der Waals surface area contributed by atoms with Crippen molar-refractivity contribution < 1.29 is 13.7 Å². The molecule has 0 fully saturated rings. The molecule has 0 saturated heterocycles. The number of rotatable bonds is 6. The predicted octanol–water partition coefficient (Wildman–Crippen LogP) is 2.82. The molecule has 102 valence electrons. The number of hydrogen-bond donors (Lipinski definition) is 1. The van der Waals surface area contributed by atoms with Crippen molar-refractivity contribution in [2.75, 3.05) is 18.5 Å². The van der Waals surface area contributed by atoms with Crippen LogP contribution in [0.1, 0.15) is 25.6 Å². The number of nitrogens with one attached hydrogen (secondary N) is 1. The van der Waals surface area contributed by atoms with Gasteiger partial charge in [-0.1, -0.05) is 25.1 Å². The predicted molar refractivity (Wildman–Crippen MR) is 68.8 cm³/mol. The second-order valence-electron chi connectivity index (χ2n) is 4.35. The number of anilines is 1. The van der Waals surface area contributed by atoms with Crippen molar-refractivity contribution in [1.82, 2.24) is 10.1 Å². The van der Waals surface area contributed by atoms with E-state index in [2.05, 4.69) is 15.5 Å². The molecule has 1 aromatic carbocycles. The summed E-state index contributed by atoms with van der Waals surface area (Å²) in [5.41, 5.74) is 0. The summed E-state index contributed by atoms with van der Waals surface area (Å²) in [5.74, 6) is 1.07. The second kappa shape index (κ2) is 6.17. The Morgan fingerprint density at radius 3 is 2.95 bits per heavy atom. The number of aromatic nitrogens is 2. The molecule has 2 aromatic rings. The molecular formula is C13H16FN3O2. The van der Waals surface area contributed by atoms with Gasteiger partial charge in [-0.3, -0.25) is 0 Å². The van der Waals surface area contributed by atoms with Gasteiger partial charge < -0.3 is 14.6 Å². The molecule has 0 aliphatic rings. The summed E-state index contributed by atoms with van der Waals surface area (Å²) in [4.78, 5) is 4.16. The van der Waals surface area contributed by atoms with Crippen LogP contribution in [-0.4, -0.2) is 23.3 Å². The van der Waals surface area contributed by atoms with Crippen LogP contribution in [0, 0.1) is 5.82 Å². The zero-order valence-corrected chi connectivity index (χ0v) is 10.9. The fraction of sp³-hybridized carbons (Fsp3) is 0.385. The minimum Gasteiger partial charge on any atom is -0.492 e. The lowest BCUT2D eigenvalue weighted by Crippen LogP contribution is -2.11. The van der Waals surface area contributed by atoms with E-state index in [1.165, 1.54) is 12.1 Å². The topological polar surface area (TPSA) is 60.2 Å². The summed E-state index contributed by atoms with van der Waals surface area (Å²) in [6, 6.07) is 6.38. The van der Waals surface area contributed by atoms with Crippen molar-refractivity contribution >= 4 is 6.01 Å². The van der Waals surface area contributed by atoms with Crippen molar-refractivity contribution in [3.63, 3.8) is 0 Å². The molecule has 0 unspecified atom stereocenters. The smallest absolute Gasteiger partial charge is 0.321 e. The standard InChI is InChI=1S/C13H16FN3O2/c1-9(2)12-16-13(19-17-12)15-6-7-18-11-5-3-4-10(14)8-11/h3-5,8-9H,6-7H2,1-2H3,(H,15,16,17). The van der Waals surface area contributed by atoms with E-state index in [0.717, 1.165) is 0 Å². The Hall–Kier alpha value is -2.11. The van der Waals surface area contributed by atoms with Gasteiger partial charge in [0.05, 0.1) is 6.54 Å². The molecule has 0 radical (unpaired) electrons. The quantitative estimate of drug-likeness (QED) is 0.814. The van der Waals surface area contributed by atoms with Gasteiger partial charge in [-0.05, 0) is 12.1 Å². The van der Waals surface area contributed by atoms with Crippen LogP contribution in [-0.2, 0) is 0 Å². The third-order valence-electron chi connectivity index (χ3n) is 2.40. The SMILES string of the molecule is CC(C)c1noc(NCCOc2cccc(F)c2)n1. The number of ether oxygens (including phenoxy) is 1. The highest BCUT2D eigenvalue weighted by Gasteiger charge is 2.08. The van der Waals surface area contributed by atoms with E-state index in [1.54, 1.807) is 12.1 Å². The highest BCUT2D eigenvalue weighted by atomic mass is 19.1. The number of hydrogen-bond acceptors (Lipinski definition) is 5. The molecule has 1 N–H and O–H groups in total. The zero-order valence-electron chi connectivity index (χ0n) is 10.9. The molecule has 0 aliphatic heterocycles. The second-order valence-corrected chi connectivity index (χ2v) is 4.35. The van der Waals surface area contributed by atoms with Crippen LogP contribution in [0.5, 0.6) is 5.75 Å². The van der Waals surface area contributed by atoms with Crippen LogP contribution in [0.15, 0.2) is 28.8 Å². The van der Waals surface area contributed by atoms with Gasteiger partial charge in [0.2, 0.25) is 0 Å². The number of nitrogens with zero attached hydrogens (tertiary/aromatic N) is 2. The highest BCUT2D eigenvalue weighted by molar-refractivity contribution is 5.23. The maximum absolute atomic E-state index is 12.9. The Balaban J connectivity index is 1.74. The molecular weight excluding hydrogens is 249 g/mol.